The van der Waals surface area contributed by atoms with Gasteiger partial charge in [0.15, 0.2) is 0 Å². The molecular weight excluding hydrogens is 180 g/mol. The van der Waals surface area contributed by atoms with Gasteiger partial charge < -0.3 is 0 Å². The summed E-state index contributed by atoms with van der Waals surface area (Å²) in [4.78, 5) is -0.0214. The standard InChI is InChI=1S/C12H25Cl/c1-7-11(4,5)9-10(3)12(6,13)8-2/h10H,7-9H2,1-6H3. The van der Waals surface area contributed by atoms with Crippen molar-refractivity contribution in [2.75, 3.05) is 0 Å². The van der Waals surface area contributed by atoms with Crippen molar-refractivity contribution in [2.45, 2.75) is 65.7 Å². The minimum atomic E-state index is -0.0214. The topological polar surface area (TPSA) is 0 Å². The van der Waals surface area contributed by atoms with Crippen molar-refractivity contribution in [2.24, 2.45) is 11.3 Å². The van der Waals surface area contributed by atoms with Gasteiger partial charge in [-0.2, -0.15) is 0 Å². The van der Waals surface area contributed by atoms with Gasteiger partial charge in [-0.3, -0.25) is 0 Å². The van der Waals surface area contributed by atoms with Gasteiger partial charge in [-0.1, -0.05) is 41.0 Å². The first-order valence-electron chi connectivity index (χ1n) is 5.44. The molecule has 0 fully saturated rings. The Labute approximate surface area is 89.1 Å². The second-order valence-electron chi connectivity index (χ2n) is 5.25. The molecule has 0 aliphatic rings. The molecule has 0 spiro atoms. The summed E-state index contributed by atoms with van der Waals surface area (Å²) in [7, 11) is 0. The quantitative estimate of drug-likeness (QED) is 0.562. The van der Waals surface area contributed by atoms with Crippen LogP contribution in [0.1, 0.15) is 60.8 Å². The molecular formula is C12H25Cl. The summed E-state index contributed by atoms with van der Waals surface area (Å²) in [5.74, 6) is 0.592. The molecule has 0 N–H and O–H groups in total. The van der Waals surface area contributed by atoms with Gasteiger partial charge in [-0.05, 0) is 31.1 Å². The predicted molar refractivity (Wildman–Crippen MR) is 62.4 cm³/mol. The third-order valence-corrected chi connectivity index (χ3v) is 4.17. The van der Waals surface area contributed by atoms with Crippen LogP contribution in [0.3, 0.4) is 0 Å². The summed E-state index contributed by atoms with van der Waals surface area (Å²) >= 11 is 6.43. The Morgan fingerprint density at radius 2 is 1.54 bits per heavy atom. The van der Waals surface area contributed by atoms with Crippen molar-refractivity contribution in [3.8, 4) is 0 Å². The summed E-state index contributed by atoms with van der Waals surface area (Å²) in [5, 5.41) is 0. The van der Waals surface area contributed by atoms with Crippen molar-refractivity contribution < 1.29 is 0 Å². The number of hydrogen-bond acceptors (Lipinski definition) is 0. The molecule has 0 aromatic heterocycles. The van der Waals surface area contributed by atoms with E-state index in [2.05, 4.69) is 41.5 Å². The molecule has 2 atom stereocenters. The van der Waals surface area contributed by atoms with Crippen molar-refractivity contribution in [3.63, 3.8) is 0 Å². The molecule has 0 amide bonds. The van der Waals surface area contributed by atoms with Crippen LogP contribution in [0.15, 0.2) is 0 Å². The van der Waals surface area contributed by atoms with Gasteiger partial charge in [0.1, 0.15) is 0 Å². The van der Waals surface area contributed by atoms with E-state index in [9.17, 15) is 0 Å². The third kappa shape index (κ3) is 4.35. The van der Waals surface area contributed by atoms with Crippen LogP contribution in [0.5, 0.6) is 0 Å². The van der Waals surface area contributed by atoms with Crippen LogP contribution in [-0.2, 0) is 0 Å². The lowest BCUT2D eigenvalue weighted by Gasteiger charge is -2.34. The Morgan fingerprint density at radius 3 is 1.85 bits per heavy atom. The Morgan fingerprint density at radius 1 is 1.08 bits per heavy atom. The molecule has 0 bridgehead atoms. The van der Waals surface area contributed by atoms with Gasteiger partial charge in [-0.15, -0.1) is 11.6 Å². The molecule has 2 unspecified atom stereocenters. The fourth-order valence-corrected chi connectivity index (χ4v) is 1.61. The maximum atomic E-state index is 6.43. The summed E-state index contributed by atoms with van der Waals surface area (Å²) in [6, 6.07) is 0. The largest absolute Gasteiger partial charge is 0.119 e. The molecule has 0 aliphatic carbocycles. The van der Waals surface area contributed by atoms with Gasteiger partial charge in [0, 0.05) is 4.87 Å². The molecule has 1 heteroatoms. The highest BCUT2D eigenvalue weighted by atomic mass is 35.5. The molecule has 0 saturated heterocycles. The van der Waals surface area contributed by atoms with Crippen LogP contribution < -0.4 is 0 Å². The Balaban J connectivity index is 4.22. The molecule has 13 heavy (non-hydrogen) atoms. The lowest BCUT2D eigenvalue weighted by molar-refractivity contribution is 0.232. The minimum absolute atomic E-state index is 0.0214. The van der Waals surface area contributed by atoms with Crippen LogP contribution >= 0.6 is 11.6 Å². The summed E-state index contributed by atoms with van der Waals surface area (Å²) in [6.07, 6.45) is 3.50. The first kappa shape index (κ1) is 13.3. The van der Waals surface area contributed by atoms with Gasteiger partial charge in [0.25, 0.3) is 0 Å². The van der Waals surface area contributed by atoms with Crippen LogP contribution in [0.25, 0.3) is 0 Å². The Hall–Kier alpha value is 0.290. The van der Waals surface area contributed by atoms with Gasteiger partial charge in [-0.25, -0.2) is 0 Å². The molecule has 0 aromatic rings. The fraction of sp³-hybridized carbons (Fsp3) is 1.00. The number of hydrogen-bond donors (Lipinski definition) is 0. The van der Waals surface area contributed by atoms with E-state index in [0.29, 0.717) is 11.3 Å². The van der Waals surface area contributed by atoms with Crippen LogP contribution in [0.2, 0.25) is 0 Å². The Bertz CT molecular complexity index is 147. The highest BCUT2D eigenvalue weighted by Gasteiger charge is 2.30. The fourth-order valence-electron chi connectivity index (χ4n) is 1.53. The van der Waals surface area contributed by atoms with Crippen LogP contribution in [0.4, 0.5) is 0 Å². The zero-order valence-electron chi connectivity index (χ0n) is 10.1. The number of halogens is 1. The van der Waals surface area contributed by atoms with Crippen LogP contribution in [-0.4, -0.2) is 4.87 Å². The summed E-state index contributed by atoms with van der Waals surface area (Å²) in [6.45, 7) is 13.5. The van der Waals surface area contributed by atoms with Gasteiger partial charge in [0.05, 0.1) is 0 Å². The normalized spacial score (nSPS) is 19.6. The highest BCUT2D eigenvalue weighted by Crippen LogP contribution is 2.38. The monoisotopic (exact) mass is 204 g/mol. The lowest BCUT2D eigenvalue weighted by Crippen LogP contribution is -2.29. The SMILES string of the molecule is CCC(C)(C)CC(C)C(C)(Cl)CC. The molecule has 0 nitrogen and oxygen atoms in total. The first-order valence-corrected chi connectivity index (χ1v) is 5.82. The number of rotatable bonds is 5. The molecule has 0 aliphatic heterocycles. The molecule has 0 saturated carbocycles. The second-order valence-corrected chi connectivity index (χ2v) is 6.12. The van der Waals surface area contributed by atoms with Crippen molar-refractivity contribution in [1.29, 1.82) is 0 Å². The van der Waals surface area contributed by atoms with E-state index >= 15 is 0 Å². The van der Waals surface area contributed by atoms with Crippen molar-refractivity contribution >= 4 is 11.6 Å². The third-order valence-electron chi connectivity index (χ3n) is 3.53. The predicted octanol–water partition coefficient (Wildman–Crippen LogP) is 4.86. The van der Waals surface area contributed by atoms with E-state index in [1.54, 1.807) is 0 Å². The molecule has 0 radical (unpaired) electrons. The zero-order chi connectivity index (χ0) is 10.7. The number of alkyl halides is 1. The van der Waals surface area contributed by atoms with Crippen molar-refractivity contribution in [3.05, 3.63) is 0 Å². The highest BCUT2D eigenvalue weighted by molar-refractivity contribution is 6.23. The lowest BCUT2D eigenvalue weighted by atomic mass is 9.76. The van der Waals surface area contributed by atoms with E-state index in [4.69, 9.17) is 11.6 Å². The zero-order valence-corrected chi connectivity index (χ0v) is 10.8. The van der Waals surface area contributed by atoms with E-state index in [1.165, 1.54) is 12.8 Å². The second kappa shape index (κ2) is 4.68. The summed E-state index contributed by atoms with van der Waals surface area (Å²) in [5.41, 5.74) is 0.435. The van der Waals surface area contributed by atoms with Crippen molar-refractivity contribution in [1.82, 2.24) is 0 Å². The maximum Gasteiger partial charge on any atom is 0.0441 e. The van der Waals surface area contributed by atoms with E-state index in [1.807, 2.05) is 0 Å². The average Bonchev–Trinajstić information content (AvgIpc) is 2.04. The van der Waals surface area contributed by atoms with Crippen LogP contribution in [0, 0.1) is 11.3 Å². The van der Waals surface area contributed by atoms with E-state index in [0.717, 1.165) is 6.42 Å². The average molecular weight is 205 g/mol. The molecule has 0 aromatic carbocycles. The van der Waals surface area contributed by atoms with E-state index < -0.39 is 0 Å². The van der Waals surface area contributed by atoms with E-state index in [-0.39, 0.29) is 4.87 Å². The maximum absolute atomic E-state index is 6.43. The minimum Gasteiger partial charge on any atom is -0.119 e. The Kier molecular flexibility index (Phi) is 4.79. The molecule has 0 heterocycles. The summed E-state index contributed by atoms with van der Waals surface area (Å²) < 4.78 is 0. The smallest absolute Gasteiger partial charge is 0.0441 e. The van der Waals surface area contributed by atoms with Gasteiger partial charge >= 0.3 is 0 Å². The molecule has 0 rings (SSSR count). The van der Waals surface area contributed by atoms with Gasteiger partial charge in [0.2, 0.25) is 0 Å². The first-order chi connectivity index (χ1) is 5.75. The molecule has 80 valence electrons.